The number of carbonyl (C=O) groups is 1. The van der Waals surface area contributed by atoms with Crippen LogP contribution in [-0.2, 0) is 14.9 Å². The Balaban J connectivity index is 2.52. The van der Waals surface area contributed by atoms with Crippen LogP contribution in [0.4, 0.5) is 0 Å². The van der Waals surface area contributed by atoms with Gasteiger partial charge in [0, 0.05) is 5.56 Å². The monoisotopic (exact) mass is 326 g/mol. The first kappa shape index (κ1) is 16.8. The number of hydrogen-bond acceptors (Lipinski definition) is 5. The third kappa shape index (κ3) is 3.61. The van der Waals surface area contributed by atoms with E-state index in [9.17, 15) is 13.2 Å². The quantitative estimate of drug-likeness (QED) is 0.628. The summed E-state index contributed by atoms with van der Waals surface area (Å²) in [5.74, 6) is 0.00643. The molecule has 5 nitrogen and oxygen atoms in total. The van der Waals surface area contributed by atoms with Gasteiger partial charge >= 0.3 is 16.1 Å². The Bertz CT molecular complexity index is 676. The van der Waals surface area contributed by atoms with Crippen molar-refractivity contribution in [2.45, 2.75) is 39.0 Å². The molecule has 0 amide bonds. The molecule has 0 saturated heterocycles. The van der Waals surface area contributed by atoms with E-state index in [1.807, 2.05) is 0 Å². The summed E-state index contributed by atoms with van der Waals surface area (Å²) in [6.45, 7) is 4.30. The number of rotatable bonds is 4. The third-order valence-electron chi connectivity index (χ3n) is 4.30. The molecule has 0 radical (unpaired) electrons. The summed E-state index contributed by atoms with van der Waals surface area (Å²) < 4.78 is 32.9. The number of hydrogen-bond donors (Lipinski definition) is 0. The fraction of sp³-hybridized carbons (Fsp3) is 0.562. The zero-order valence-corrected chi connectivity index (χ0v) is 14.2. The van der Waals surface area contributed by atoms with E-state index in [4.69, 9.17) is 8.92 Å². The second kappa shape index (κ2) is 5.91. The summed E-state index contributed by atoms with van der Waals surface area (Å²) in [7, 11) is -2.30. The van der Waals surface area contributed by atoms with E-state index >= 15 is 0 Å². The molecule has 1 aliphatic carbocycles. The molecule has 1 atom stereocenters. The predicted octanol–water partition coefficient (Wildman–Crippen LogP) is 3.11. The van der Waals surface area contributed by atoms with E-state index < -0.39 is 16.1 Å². The van der Waals surface area contributed by atoms with Crippen LogP contribution in [0.25, 0.3) is 0 Å². The molecule has 1 aliphatic rings. The molecular formula is C16H22O5S. The second-order valence-electron chi connectivity index (χ2n) is 6.47. The molecule has 122 valence electrons. The van der Waals surface area contributed by atoms with Crippen LogP contribution in [0.1, 0.15) is 54.9 Å². The molecule has 22 heavy (non-hydrogen) atoms. The van der Waals surface area contributed by atoms with Crippen LogP contribution < -0.4 is 4.18 Å². The smallest absolute Gasteiger partial charge is 0.337 e. The lowest BCUT2D eigenvalue weighted by molar-refractivity contribution is 0.0600. The van der Waals surface area contributed by atoms with Crippen molar-refractivity contribution in [1.29, 1.82) is 0 Å². The first-order chi connectivity index (χ1) is 10.1. The van der Waals surface area contributed by atoms with Crippen LogP contribution in [0.2, 0.25) is 0 Å². The molecule has 0 unspecified atom stereocenters. The lowest BCUT2D eigenvalue weighted by Gasteiger charge is -2.28. The maximum atomic E-state index is 11.8. The normalized spacial score (nSPS) is 20.6. The van der Waals surface area contributed by atoms with Gasteiger partial charge in [-0.1, -0.05) is 20.3 Å². The summed E-state index contributed by atoms with van der Waals surface area (Å²) >= 11 is 0. The molecule has 0 heterocycles. The van der Waals surface area contributed by atoms with Gasteiger partial charge in [-0.25, -0.2) is 4.79 Å². The molecule has 1 aromatic rings. The molecule has 0 spiro atoms. The largest absolute Gasteiger partial charge is 0.465 e. The van der Waals surface area contributed by atoms with Gasteiger partial charge in [-0.2, -0.15) is 8.42 Å². The number of carbonyl (C=O) groups excluding carboxylic acids is 1. The molecule has 0 N–H and O–H groups in total. The minimum atomic E-state index is -3.62. The zero-order valence-electron chi connectivity index (χ0n) is 13.4. The first-order valence-electron chi connectivity index (χ1n) is 7.26. The van der Waals surface area contributed by atoms with E-state index in [2.05, 4.69) is 13.8 Å². The standard InChI is InChI=1S/C16H22O5S/c1-16(2)9-5-6-13(16)12-10-11(15(17)20-3)7-8-14(12)21-22(4,18)19/h7-8,10,13H,5-6,9H2,1-4H3/t13-/m0/s1. The van der Waals surface area contributed by atoms with E-state index in [-0.39, 0.29) is 11.3 Å². The number of methoxy groups -OCH3 is 1. The Morgan fingerprint density at radius 1 is 1.32 bits per heavy atom. The van der Waals surface area contributed by atoms with E-state index in [0.717, 1.165) is 31.1 Å². The van der Waals surface area contributed by atoms with Gasteiger partial charge in [0.05, 0.1) is 18.9 Å². The average Bonchev–Trinajstić information content (AvgIpc) is 2.76. The fourth-order valence-corrected chi connectivity index (χ4v) is 3.69. The highest BCUT2D eigenvalue weighted by Gasteiger charge is 2.37. The highest BCUT2D eigenvalue weighted by atomic mass is 32.2. The van der Waals surface area contributed by atoms with Gasteiger partial charge in [-0.15, -0.1) is 0 Å². The van der Waals surface area contributed by atoms with Gasteiger partial charge in [-0.05, 0) is 42.4 Å². The van der Waals surface area contributed by atoms with E-state index in [1.165, 1.54) is 19.2 Å². The van der Waals surface area contributed by atoms with Crippen molar-refractivity contribution < 1.29 is 22.1 Å². The minimum Gasteiger partial charge on any atom is -0.465 e. The van der Waals surface area contributed by atoms with Gasteiger partial charge in [0.1, 0.15) is 5.75 Å². The Labute approximate surface area is 131 Å². The lowest BCUT2D eigenvalue weighted by Crippen LogP contribution is -2.18. The van der Waals surface area contributed by atoms with Gasteiger partial charge in [0.15, 0.2) is 0 Å². The van der Waals surface area contributed by atoms with Crippen LogP contribution in [0.3, 0.4) is 0 Å². The molecule has 0 aliphatic heterocycles. The molecule has 0 bridgehead atoms. The molecule has 1 aromatic carbocycles. The van der Waals surface area contributed by atoms with Gasteiger partial charge in [-0.3, -0.25) is 0 Å². The van der Waals surface area contributed by atoms with Crippen molar-refractivity contribution in [3.63, 3.8) is 0 Å². The minimum absolute atomic E-state index is 0.0321. The summed E-state index contributed by atoms with van der Waals surface area (Å²) in [5, 5.41) is 0. The Morgan fingerprint density at radius 2 is 2.00 bits per heavy atom. The Morgan fingerprint density at radius 3 is 2.50 bits per heavy atom. The van der Waals surface area contributed by atoms with Crippen molar-refractivity contribution in [1.82, 2.24) is 0 Å². The lowest BCUT2D eigenvalue weighted by atomic mass is 9.77. The molecule has 1 saturated carbocycles. The number of ether oxygens (including phenoxy) is 1. The summed E-state index contributed by atoms with van der Waals surface area (Å²) in [6, 6.07) is 4.76. The number of esters is 1. The second-order valence-corrected chi connectivity index (χ2v) is 8.04. The summed E-state index contributed by atoms with van der Waals surface area (Å²) in [6.07, 6.45) is 4.08. The van der Waals surface area contributed by atoms with Crippen molar-refractivity contribution in [2.24, 2.45) is 5.41 Å². The highest BCUT2D eigenvalue weighted by molar-refractivity contribution is 7.86. The van der Waals surface area contributed by atoms with Crippen molar-refractivity contribution in [2.75, 3.05) is 13.4 Å². The summed E-state index contributed by atoms with van der Waals surface area (Å²) in [5.41, 5.74) is 1.20. The van der Waals surface area contributed by atoms with Gasteiger partial charge in [0.2, 0.25) is 0 Å². The topological polar surface area (TPSA) is 69.7 Å². The SMILES string of the molecule is COC(=O)c1ccc(OS(C)(=O)=O)c([C@@H]2CCCC2(C)C)c1. The van der Waals surface area contributed by atoms with Gasteiger partial charge < -0.3 is 8.92 Å². The summed E-state index contributed by atoms with van der Waals surface area (Å²) in [4.78, 5) is 11.8. The molecule has 6 heteroatoms. The van der Waals surface area contributed by atoms with Crippen LogP contribution in [0.15, 0.2) is 18.2 Å². The van der Waals surface area contributed by atoms with Crippen LogP contribution in [-0.4, -0.2) is 27.8 Å². The molecule has 2 rings (SSSR count). The zero-order chi connectivity index (χ0) is 16.5. The average molecular weight is 326 g/mol. The predicted molar refractivity (Wildman–Crippen MR) is 83.6 cm³/mol. The van der Waals surface area contributed by atoms with Crippen LogP contribution >= 0.6 is 0 Å². The van der Waals surface area contributed by atoms with E-state index in [0.29, 0.717) is 11.3 Å². The van der Waals surface area contributed by atoms with Crippen molar-refractivity contribution >= 4 is 16.1 Å². The van der Waals surface area contributed by atoms with Crippen LogP contribution in [0.5, 0.6) is 5.75 Å². The number of benzene rings is 1. The highest BCUT2D eigenvalue weighted by Crippen LogP contribution is 2.51. The maximum Gasteiger partial charge on any atom is 0.337 e. The Kier molecular flexibility index (Phi) is 4.52. The van der Waals surface area contributed by atoms with Crippen LogP contribution in [0, 0.1) is 5.41 Å². The fourth-order valence-electron chi connectivity index (χ4n) is 3.21. The first-order valence-corrected chi connectivity index (χ1v) is 9.07. The Hall–Kier alpha value is -1.56. The van der Waals surface area contributed by atoms with Gasteiger partial charge in [0.25, 0.3) is 0 Å². The van der Waals surface area contributed by atoms with Crippen molar-refractivity contribution in [3.8, 4) is 5.75 Å². The third-order valence-corrected chi connectivity index (χ3v) is 4.79. The molecule has 1 fully saturated rings. The molecular weight excluding hydrogens is 304 g/mol. The van der Waals surface area contributed by atoms with Crippen molar-refractivity contribution in [3.05, 3.63) is 29.3 Å². The van der Waals surface area contributed by atoms with E-state index in [1.54, 1.807) is 6.07 Å². The maximum absolute atomic E-state index is 11.8. The molecule has 0 aromatic heterocycles.